The molecule has 2 N–H and O–H groups in total. The van der Waals surface area contributed by atoms with Gasteiger partial charge in [-0.05, 0) is 49.5 Å². The first-order valence-corrected chi connectivity index (χ1v) is 11.1. The molecule has 0 radical (unpaired) electrons. The monoisotopic (exact) mass is 413 g/mol. The average molecular weight is 414 g/mol. The molecule has 1 aliphatic heterocycles. The van der Waals surface area contributed by atoms with Crippen molar-refractivity contribution in [3.05, 3.63) is 39.9 Å². The van der Waals surface area contributed by atoms with E-state index in [1.54, 1.807) is 12.1 Å². The highest BCUT2D eigenvalue weighted by Crippen LogP contribution is 2.44. The van der Waals surface area contributed by atoms with Gasteiger partial charge in [-0.25, -0.2) is 4.99 Å². The number of aliphatic imine (C=N–C) groups is 1. The zero-order valence-electron chi connectivity index (χ0n) is 17.4. The molecule has 1 amide bonds. The highest BCUT2D eigenvalue weighted by atomic mass is 16.6. The van der Waals surface area contributed by atoms with E-state index in [0.717, 1.165) is 55.8 Å². The smallest absolute Gasteiger partial charge is 0.269 e. The predicted molar refractivity (Wildman–Crippen MR) is 115 cm³/mol. The summed E-state index contributed by atoms with van der Waals surface area (Å²) in [6.07, 6.45) is 7.74. The number of hydrogen-bond donors (Lipinski definition) is 2. The Labute approximate surface area is 177 Å². The van der Waals surface area contributed by atoms with Crippen LogP contribution >= 0.6 is 0 Å². The lowest BCUT2D eigenvalue weighted by Gasteiger charge is -2.25. The van der Waals surface area contributed by atoms with Gasteiger partial charge >= 0.3 is 0 Å². The van der Waals surface area contributed by atoms with E-state index in [-0.39, 0.29) is 16.5 Å². The lowest BCUT2D eigenvalue weighted by molar-refractivity contribution is -0.384. The molecule has 0 aromatic heterocycles. The van der Waals surface area contributed by atoms with Crippen LogP contribution in [0, 0.1) is 22.0 Å². The number of rotatable bonds is 8. The molecule has 0 spiro atoms. The van der Waals surface area contributed by atoms with E-state index in [2.05, 4.69) is 10.6 Å². The molecular formula is C22H31N5O3. The maximum absolute atomic E-state index is 11.8. The lowest BCUT2D eigenvalue weighted by Crippen LogP contribution is -2.46. The lowest BCUT2D eigenvalue weighted by atomic mass is 9.95. The highest BCUT2D eigenvalue weighted by molar-refractivity contribution is 5.80. The summed E-state index contributed by atoms with van der Waals surface area (Å²) in [5.74, 6) is 2.66. The molecular weight excluding hydrogens is 382 g/mol. The van der Waals surface area contributed by atoms with Crippen molar-refractivity contribution < 1.29 is 9.72 Å². The molecule has 1 heterocycles. The van der Waals surface area contributed by atoms with Crippen molar-refractivity contribution in [1.82, 2.24) is 15.5 Å². The van der Waals surface area contributed by atoms with Crippen molar-refractivity contribution in [2.45, 2.75) is 57.5 Å². The largest absolute Gasteiger partial charge is 0.356 e. The summed E-state index contributed by atoms with van der Waals surface area (Å²) in [5.41, 5.74) is 1.04. The van der Waals surface area contributed by atoms with Crippen molar-refractivity contribution >= 4 is 17.6 Å². The van der Waals surface area contributed by atoms with Gasteiger partial charge in [-0.3, -0.25) is 14.9 Å². The van der Waals surface area contributed by atoms with E-state index in [0.29, 0.717) is 19.0 Å². The van der Waals surface area contributed by atoms with Gasteiger partial charge < -0.3 is 15.5 Å². The van der Waals surface area contributed by atoms with Crippen LogP contribution in [0.2, 0.25) is 0 Å². The highest BCUT2D eigenvalue weighted by Gasteiger charge is 2.39. The number of carbonyl (C=O) groups is 1. The van der Waals surface area contributed by atoms with E-state index in [4.69, 9.17) is 4.99 Å². The van der Waals surface area contributed by atoms with Gasteiger partial charge in [0.05, 0.1) is 11.5 Å². The Hall–Kier alpha value is -2.64. The quantitative estimate of drug-likeness (QED) is 0.224. The summed E-state index contributed by atoms with van der Waals surface area (Å²) in [6.45, 7) is 2.90. The van der Waals surface area contributed by atoms with Crippen LogP contribution in [0.1, 0.15) is 50.5 Å². The molecule has 2 saturated carbocycles. The molecule has 30 heavy (non-hydrogen) atoms. The number of nitro groups is 1. The summed E-state index contributed by atoms with van der Waals surface area (Å²) < 4.78 is 0. The second-order valence-electron chi connectivity index (χ2n) is 8.78. The Morgan fingerprint density at radius 3 is 2.70 bits per heavy atom. The fraction of sp³-hybridized carbons (Fsp3) is 0.636. The van der Waals surface area contributed by atoms with Gasteiger partial charge in [0.25, 0.3) is 5.69 Å². The first-order chi connectivity index (χ1) is 14.6. The number of benzene rings is 1. The molecule has 2 aliphatic carbocycles. The standard InChI is InChI=1S/C22H31N5O3/c28-21-3-1-11-26(21)12-2-10-23-22(25-20-14-17-4-7-18(20)13-17)24-15-16-5-8-19(9-6-16)27(29)30/h5-6,8-9,17-18,20H,1-4,7,10-15H2,(H2,23,24,25). The maximum atomic E-state index is 11.8. The number of likely N-dealkylation sites (tertiary alicyclic amines) is 1. The fourth-order valence-electron chi connectivity index (χ4n) is 5.06. The molecule has 8 heteroatoms. The first kappa shape index (κ1) is 20.6. The molecule has 3 unspecified atom stereocenters. The number of nitrogens with one attached hydrogen (secondary N) is 2. The Morgan fingerprint density at radius 1 is 1.23 bits per heavy atom. The summed E-state index contributed by atoms with van der Waals surface area (Å²) in [7, 11) is 0. The fourth-order valence-corrected chi connectivity index (χ4v) is 5.06. The van der Waals surface area contributed by atoms with Crippen LogP contribution in [0.3, 0.4) is 0 Å². The van der Waals surface area contributed by atoms with Crippen LogP contribution in [0.5, 0.6) is 0 Å². The second-order valence-corrected chi connectivity index (χ2v) is 8.78. The van der Waals surface area contributed by atoms with E-state index in [1.807, 2.05) is 4.90 Å². The van der Waals surface area contributed by atoms with E-state index in [9.17, 15) is 14.9 Å². The van der Waals surface area contributed by atoms with E-state index < -0.39 is 0 Å². The average Bonchev–Trinajstić information content (AvgIpc) is 3.47. The van der Waals surface area contributed by atoms with Crippen LogP contribution in [-0.4, -0.2) is 47.4 Å². The SMILES string of the molecule is O=C1CCCN1CCCNC(=NCc1ccc([N+](=O)[O-])cc1)NC1CC2CCC1C2. The molecule has 3 atom stereocenters. The van der Waals surface area contributed by atoms with Crippen molar-refractivity contribution in [2.24, 2.45) is 16.8 Å². The summed E-state index contributed by atoms with van der Waals surface area (Å²) in [4.78, 5) is 28.9. The van der Waals surface area contributed by atoms with Crippen LogP contribution in [0.25, 0.3) is 0 Å². The molecule has 162 valence electrons. The number of nitro benzene ring substituents is 1. The van der Waals surface area contributed by atoms with Gasteiger partial charge in [0.2, 0.25) is 5.91 Å². The second kappa shape index (κ2) is 9.45. The summed E-state index contributed by atoms with van der Waals surface area (Å²) in [6, 6.07) is 7.04. The number of hydrogen-bond acceptors (Lipinski definition) is 4. The minimum Gasteiger partial charge on any atom is -0.356 e. The number of non-ortho nitro benzene ring substituents is 1. The normalized spacial score (nSPS) is 25.7. The topological polar surface area (TPSA) is 99.9 Å². The zero-order chi connectivity index (χ0) is 20.9. The van der Waals surface area contributed by atoms with E-state index in [1.165, 1.54) is 37.8 Å². The van der Waals surface area contributed by atoms with Crippen molar-refractivity contribution in [3.63, 3.8) is 0 Å². The van der Waals surface area contributed by atoms with E-state index >= 15 is 0 Å². The first-order valence-electron chi connectivity index (χ1n) is 11.1. The Morgan fingerprint density at radius 2 is 2.07 bits per heavy atom. The minimum absolute atomic E-state index is 0.0950. The van der Waals surface area contributed by atoms with Gasteiger partial charge in [0.15, 0.2) is 5.96 Å². The third-order valence-electron chi connectivity index (χ3n) is 6.70. The van der Waals surface area contributed by atoms with Gasteiger partial charge in [0.1, 0.15) is 0 Å². The predicted octanol–water partition coefficient (Wildman–Crippen LogP) is 2.83. The molecule has 3 fully saturated rings. The van der Waals surface area contributed by atoms with Gasteiger partial charge in [-0.15, -0.1) is 0 Å². The van der Waals surface area contributed by atoms with Gasteiger partial charge in [-0.1, -0.05) is 18.6 Å². The van der Waals surface area contributed by atoms with Crippen LogP contribution in [-0.2, 0) is 11.3 Å². The third-order valence-corrected chi connectivity index (χ3v) is 6.70. The van der Waals surface area contributed by atoms with Gasteiger partial charge in [0, 0.05) is 44.2 Å². The van der Waals surface area contributed by atoms with Crippen molar-refractivity contribution in [2.75, 3.05) is 19.6 Å². The number of carbonyl (C=O) groups excluding carboxylic acids is 1. The van der Waals surface area contributed by atoms with Crippen molar-refractivity contribution in [3.8, 4) is 0 Å². The minimum atomic E-state index is -0.387. The van der Waals surface area contributed by atoms with Crippen molar-refractivity contribution in [1.29, 1.82) is 0 Å². The Kier molecular flexibility index (Phi) is 6.50. The molecule has 8 nitrogen and oxygen atoms in total. The van der Waals surface area contributed by atoms with Crippen LogP contribution in [0.4, 0.5) is 5.69 Å². The summed E-state index contributed by atoms with van der Waals surface area (Å²) >= 11 is 0. The zero-order valence-corrected chi connectivity index (χ0v) is 17.4. The molecule has 3 aliphatic rings. The third kappa shape index (κ3) is 5.09. The molecule has 4 rings (SSSR count). The van der Waals surface area contributed by atoms with Gasteiger partial charge in [-0.2, -0.15) is 0 Å². The number of fused-ring (bicyclic) bond motifs is 2. The maximum Gasteiger partial charge on any atom is 0.269 e. The van der Waals surface area contributed by atoms with Crippen LogP contribution in [0.15, 0.2) is 29.3 Å². The molecule has 1 aromatic rings. The van der Waals surface area contributed by atoms with Crippen LogP contribution < -0.4 is 10.6 Å². The molecule has 2 bridgehead atoms. The molecule has 1 aromatic carbocycles. The number of amides is 1. The molecule has 1 saturated heterocycles. The Bertz CT molecular complexity index is 794. The summed E-state index contributed by atoms with van der Waals surface area (Å²) in [5, 5.41) is 17.9. The number of guanidine groups is 1. The Balaban J connectivity index is 1.33. The number of nitrogens with zero attached hydrogens (tertiary/aromatic N) is 3.